The average Bonchev–Trinajstić information content (AvgIpc) is 2.78. The molecule has 1 unspecified atom stereocenters. The molecule has 2 rings (SSSR count). The number of amides is 3. The number of nitrogens with one attached hydrogen (secondary N) is 1. The summed E-state index contributed by atoms with van der Waals surface area (Å²) in [7, 11) is 0. The van der Waals surface area contributed by atoms with Crippen LogP contribution in [-0.2, 0) is 11.2 Å². The maximum Gasteiger partial charge on any atom is 0.325 e. The number of carbonyl (C=O) groups is 2. The fourth-order valence-electron chi connectivity index (χ4n) is 2.46. The Hall–Kier alpha value is -2.11. The molecule has 1 heterocycles. The molecule has 1 saturated heterocycles. The van der Waals surface area contributed by atoms with E-state index in [1.807, 2.05) is 17.0 Å². The van der Waals surface area contributed by atoms with E-state index in [0.29, 0.717) is 24.5 Å². The minimum atomic E-state index is -0.544. The van der Waals surface area contributed by atoms with E-state index < -0.39 is 6.04 Å². The normalized spacial score (nSPS) is 17.5. The van der Waals surface area contributed by atoms with E-state index in [1.165, 1.54) is 4.90 Å². The van der Waals surface area contributed by atoms with Crippen LogP contribution >= 0.6 is 11.6 Å². The number of benzene rings is 1. The molecule has 0 spiro atoms. The number of carbonyl (C=O) groups excluding carboxylic acids is 2. The monoisotopic (exact) mass is 333 g/mol. The van der Waals surface area contributed by atoms with Crippen molar-refractivity contribution in [2.45, 2.75) is 12.5 Å². The molecule has 1 fully saturated rings. The molecule has 0 bridgehead atoms. The van der Waals surface area contributed by atoms with Crippen LogP contribution in [0.1, 0.15) is 5.56 Å². The third-order valence-electron chi connectivity index (χ3n) is 3.58. The Kier molecular flexibility index (Phi) is 5.96. The number of urea groups is 1. The van der Waals surface area contributed by atoms with Gasteiger partial charge >= 0.3 is 6.03 Å². The van der Waals surface area contributed by atoms with Crippen LogP contribution in [0.15, 0.2) is 49.6 Å². The molecule has 1 N–H and O–H groups in total. The van der Waals surface area contributed by atoms with Crippen molar-refractivity contribution in [3.8, 4) is 0 Å². The highest BCUT2D eigenvalue weighted by Crippen LogP contribution is 2.15. The number of nitrogens with zero attached hydrogens (tertiary/aromatic N) is 2. The van der Waals surface area contributed by atoms with Crippen LogP contribution in [0, 0.1) is 0 Å². The van der Waals surface area contributed by atoms with Gasteiger partial charge in [-0.15, -0.1) is 13.2 Å². The van der Waals surface area contributed by atoms with Gasteiger partial charge in [-0.25, -0.2) is 9.69 Å². The molecule has 0 aliphatic carbocycles. The Morgan fingerprint density at radius 2 is 1.78 bits per heavy atom. The summed E-state index contributed by atoms with van der Waals surface area (Å²) in [5.41, 5.74) is 0.948. The Morgan fingerprint density at radius 3 is 2.35 bits per heavy atom. The Balaban J connectivity index is 2.02. The topological polar surface area (TPSA) is 52.6 Å². The van der Waals surface area contributed by atoms with E-state index in [1.54, 1.807) is 24.3 Å². The van der Waals surface area contributed by atoms with Crippen LogP contribution in [0.4, 0.5) is 4.79 Å². The smallest absolute Gasteiger partial charge is 0.325 e. The van der Waals surface area contributed by atoms with Crippen LogP contribution in [0.25, 0.3) is 0 Å². The molecule has 6 heteroatoms. The molecule has 1 atom stereocenters. The molecule has 122 valence electrons. The predicted molar refractivity (Wildman–Crippen MR) is 91.2 cm³/mol. The number of imide groups is 1. The molecule has 1 aliphatic heterocycles. The van der Waals surface area contributed by atoms with Gasteiger partial charge in [-0.05, 0) is 17.7 Å². The van der Waals surface area contributed by atoms with Gasteiger partial charge in [0, 0.05) is 24.5 Å². The second-order valence-electron chi connectivity index (χ2n) is 5.35. The summed E-state index contributed by atoms with van der Waals surface area (Å²) in [5, 5.41) is 3.37. The lowest BCUT2D eigenvalue weighted by Crippen LogP contribution is -2.42. The van der Waals surface area contributed by atoms with Crippen molar-refractivity contribution in [3.05, 3.63) is 60.2 Å². The van der Waals surface area contributed by atoms with Gasteiger partial charge in [-0.2, -0.15) is 0 Å². The molecular weight excluding hydrogens is 314 g/mol. The van der Waals surface area contributed by atoms with Gasteiger partial charge in [0.05, 0.1) is 6.67 Å². The van der Waals surface area contributed by atoms with Crippen LogP contribution in [0.2, 0.25) is 5.02 Å². The maximum absolute atomic E-state index is 12.5. The molecule has 1 aliphatic rings. The fourth-order valence-corrected chi connectivity index (χ4v) is 2.59. The standard InChI is InChI=1S/C17H20ClN3O2/c1-3-9-20(10-4-2)12-21-16(22)15(19-17(21)23)11-13-5-7-14(18)8-6-13/h3-8,15H,1-2,9-12H2,(H,19,23). The average molecular weight is 334 g/mol. The molecule has 0 aromatic heterocycles. The zero-order valence-corrected chi connectivity index (χ0v) is 13.6. The third-order valence-corrected chi connectivity index (χ3v) is 3.83. The minimum absolute atomic E-state index is 0.219. The van der Waals surface area contributed by atoms with E-state index >= 15 is 0 Å². The summed E-state index contributed by atoms with van der Waals surface area (Å²) in [6, 6.07) is 6.33. The minimum Gasteiger partial charge on any atom is -0.325 e. The van der Waals surface area contributed by atoms with Crippen molar-refractivity contribution >= 4 is 23.5 Å². The molecular formula is C17H20ClN3O2. The maximum atomic E-state index is 12.5. The second kappa shape index (κ2) is 7.94. The lowest BCUT2D eigenvalue weighted by atomic mass is 10.1. The number of hydrogen-bond acceptors (Lipinski definition) is 3. The van der Waals surface area contributed by atoms with Crippen LogP contribution in [0.5, 0.6) is 0 Å². The number of hydrogen-bond donors (Lipinski definition) is 1. The third kappa shape index (κ3) is 4.43. The van der Waals surface area contributed by atoms with E-state index in [9.17, 15) is 9.59 Å². The summed E-state index contributed by atoms with van der Waals surface area (Å²) >= 11 is 5.85. The highest BCUT2D eigenvalue weighted by Gasteiger charge is 2.38. The quantitative estimate of drug-likeness (QED) is 0.587. The first kappa shape index (κ1) is 17.2. The van der Waals surface area contributed by atoms with Crippen molar-refractivity contribution in [1.29, 1.82) is 0 Å². The zero-order chi connectivity index (χ0) is 16.8. The number of rotatable bonds is 8. The molecule has 0 saturated carbocycles. The molecule has 23 heavy (non-hydrogen) atoms. The molecule has 0 radical (unpaired) electrons. The van der Waals surface area contributed by atoms with Gasteiger partial charge in [0.25, 0.3) is 5.91 Å². The van der Waals surface area contributed by atoms with Gasteiger partial charge in [0.2, 0.25) is 0 Å². The van der Waals surface area contributed by atoms with E-state index in [2.05, 4.69) is 18.5 Å². The van der Waals surface area contributed by atoms with Crippen molar-refractivity contribution < 1.29 is 9.59 Å². The summed E-state index contributed by atoms with van der Waals surface area (Å²) < 4.78 is 0. The molecule has 1 aromatic rings. The van der Waals surface area contributed by atoms with Crippen molar-refractivity contribution in [2.75, 3.05) is 19.8 Å². The molecule has 3 amide bonds. The van der Waals surface area contributed by atoms with Gasteiger partial charge in [0.15, 0.2) is 0 Å². The fraction of sp³-hybridized carbons (Fsp3) is 0.294. The van der Waals surface area contributed by atoms with Crippen molar-refractivity contribution in [3.63, 3.8) is 0 Å². The summed E-state index contributed by atoms with van der Waals surface area (Å²) in [5.74, 6) is -0.219. The van der Waals surface area contributed by atoms with Gasteiger partial charge < -0.3 is 5.32 Å². The lowest BCUT2D eigenvalue weighted by Gasteiger charge is -2.23. The van der Waals surface area contributed by atoms with Crippen LogP contribution in [-0.4, -0.2) is 47.5 Å². The van der Waals surface area contributed by atoms with Crippen molar-refractivity contribution in [2.24, 2.45) is 0 Å². The van der Waals surface area contributed by atoms with Gasteiger partial charge in [-0.1, -0.05) is 35.9 Å². The highest BCUT2D eigenvalue weighted by atomic mass is 35.5. The highest BCUT2D eigenvalue weighted by molar-refractivity contribution is 6.30. The Labute approximate surface area is 141 Å². The van der Waals surface area contributed by atoms with Gasteiger partial charge in [-0.3, -0.25) is 9.69 Å². The van der Waals surface area contributed by atoms with Crippen LogP contribution < -0.4 is 5.32 Å². The first-order valence-electron chi connectivity index (χ1n) is 7.35. The first-order chi connectivity index (χ1) is 11.0. The second-order valence-corrected chi connectivity index (χ2v) is 5.79. The largest absolute Gasteiger partial charge is 0.325 e. The first-order valence-corrected chi connectivity index (χ1v) is 7.73. The predicted octanol–water partition coefficient (Wildman–Crippen LogP) is 2.43. The Morgan fingerprint density at radius 1 is 1.17 bits per heavy atom. The van der Waals surface area contributed by atoms with Gasteiger partial charge in [0.1, 0.15) is 6.04 Å². The van der Waals surface area contributed by atoms with E-state index in [4.69, 9.17) is 11.6 Å². The summed E-state index contributed by atoms with van der Waals surface area (Å²) in [6.07, 6.45) is 3.90. The zero-order valence-electron chi connectivity index (χ0n) is 12.9. The SMILES string of the molecule is C=CCN(CC=C)CN1C(=O)NC(Cc2ccc(Cl)cc2)C1=O. The van der Waals surface area contributed by atoms with Crippen molar-refractivity contribution in [1.82, 2.24) is 15.1 Å². The van der Waals surface area contributed by atoms with Crippen LogP contribution in [0.3, 0.4) is 0 Å². The molecule has 1 aromatic carbocycles. The lowest BCUT2D eigenvalue weighted by molar-refractivity contribution is -0.128. The molecule has 5 nitrogen and oxygen atoms in total. The Bertz CT molecular complexity index is 590. The summed E-state index contributed by atoms with van der Waals surface area (Å²) in [4.78, 5) is 27.7. The number of halogens is 1. The summed E-state index contributed by atoms with van der Waals surface area (Å²) in [6.45, 7) is 8.74. The van der Waals surface area contributed by atoms with E-state index in [0.717, 1.165) is 5.56 Å². The van der Waals surface area contributed by atoms with E-state index in [-0.39, 0.29) is 18.6 Å².